The van der Waals surface area contributed by atoms with Gasteiger partial charge in [-0.25, -0.2) is 0 Å². The van der Waals surface area contributed by atoms with Gasteiger partial charge in [-0.05, 0) is 69.3 Å². The van der Waals surface area contributed by atoms with Crippen LogP contribution in [0.2, 0.25) is 5.02 Å². The Bertz CT molecular complexity index is 612. The summed E-state index contributed by atoms with van der Waals surface area (Å²) >= 11 is 5.83. The Morgan fingerprint density at radius 1 is 1.15 bits per heavy atom. The van der Waals surface area contributed by atoms with Gasteiger partial charge in [0.1, 0.15) is 6.04 Å². The summed E-state index contributed by atoms with van der Waals surface area (Å²) in [5.41, 5.74) is 0.507. The van der Waals surface area contributed by atoms with Gasteiger partial charge in [0.2, 0.25) is 5.91 Å². The lowest BCUT2D eigenvalue weighted by Crippen LogP contribution is -2.51. The number of piperidine rings is 1. The van der Waals surface area contributed by atoms with Gasteiger partial charge in [-0.3, -0.25) is 9.59 Å². The molecule has 2 amide bonds. The molecule has 3 rings (SSSR count). The first-order valence-electron chi connectivity index (χ1n) is 9.11. The Hall–Kier alpha value is -1.30. The number of carbonyl (C=O) groups excluding carboxylic acids is 2. The average molecular weight is 400 g/mol. The molecule has 1 heterocycles. The van der Waals surface area contributed by atoms with Gasteiger partial charge in [0, 0.05) is 29.7 Å². The number of likely N-dealkylation sites (tertiary alicyclic amines) is 1. The quantitative estimate of drug-likeness (QED) is 0.772. The number of rotatable bonds is 6. The number of hydrogen-bond donors (Lipinski definition) is 2. The van der Waals surface area contributed by atoms with Crippen molar-refractivity contribution in [3.05, 3.63) is 34.9 Å². The van der Waals surface area contributed by atoms with Crippen LogP contribution in [-0.2, 0) is 4.79 Å². The number of nitrogens with zero attached hydrogens (tertiary/aromatic N) is 1. The highest BCUT2D eigenvalue weighted by atomic mass is 35.5. The lowest BCUT2D eigenvalue weighted by Gasteiger charge is -2.34. The molecule has 2 N–H and O–H groups in total. The molecule has 0 spiro atoms. The molecule has 0 bridgehead atoms. The number of amides is 2. The molecule has 26 heavy (non-hydrogen) atoms. The van der Waals surface area contributed by atoms with Crippen molar-refractivity contribution in [2.24, 2.45) is 5.92 Å². The van der Waals surface area contributed by atoms with Crippen molar-refractivity contribution in [2.45, 2.75) is 44.7 Å². The summed E-state index contributed by atoms with van der Waals surface area (Å²) in [4.78, 5) is 26.7. The first-order chi connectivity index (χ1) is 12.0. The van der Waals surface area contributed by atoms with Crippen molar-refractivity contribution in [3.63, 3.8) is 0 Å². The number of carbonyl (C=O) groups is 2. The maximum Gasteiger partial charge on any atom is 0.251 e. The molecular formula is C19H27Cl2N3O2. The van der Waals surface area contributed by atoms with E-state index in [0.717, 1.165) is 38.4 Å². The highest BCUT2D eigenvalue weighted by Gasteiger charge is 2.28. The van der Waals surface area contributed by atoms with Gasteiger partial charge in [0.05, 0.1) is 0 Å². The van der Waals surface area contributed by atoms with Crippen molar-refractivity contribution < 1.29 is 9.59 Å². The van der Waals surface area contributed by atoms with Crippen LogP contribution < -0.4 is 10.6 Å². The average Bonchev–Trinajstić information content (AvgIpc) is 3.44. The Kier molecular flexibility index (Phi) is 7.74. The zero-order valence-electron chi connectivity index (χ0n) is 15.0. The molecule has 1 saturated heterocycles. The van der Waals surface area contributed by atoms with Crippen molar-refractivity contribution in [1.29, 1.82) is 0 Å². The predicted molar refractivity (Wildman–Crippen MR) is 106 cm³/mol. The third-order valence-electron chi connectivity index (χ3n) is 5.02. The fraction of sp³-hybridized carbons (Fsp3) is 0.579. The van der Waals surface area contributed by atoms with Gasteiger partial charge < -0.3 is 15.5 Å². The standard InChI is InChI=1S/C19H26ClN3O2.ClH/c1-13(22-18(24)15-4-6-16(20)7-5-15)19(25)23-10-8-17(9-11-23)21-12-14-2-3-14;/h4-7,13-14,17,21H,2-3,8-12H2,1H3,(H,22,24);1H. The minimum absolute atomic E-state index is 0. The maximum atomic E-state index is 12.6. The van der Waals surface area contributed by atoms with E-state index in [1.54, 1.807) is 31.2 Å². The van der Waals surface area contributed by atoms with Crippen LogP contribution in [0.5, 0.6) is 0 Å². The van der Waals surface area contributed by atoms with Crippen LogP contribution in [0.4, 0.5) is 0 Å². The second kappa shape index (κ2) is 9.58. The molecule has 0 radical (unpaired) electrons. The molecule has 1 aliphatic carbocycles. The normalized spacial score (nSPS) is 18.8. The van der Waals surface area contributed by atoms with E-state index in [-0.39, 0.29) is 24.2 Å². The van der Waals surface area contributed by atoms with Crippen molar-refractivity contribution >= 4 is 35.8 Å². The zero-order chi connectivity index (χ0) is 17.8. The Morgan fingerprint density at radius 3 is 2.35 bits per heavy atom. The zero-order valence-corrected chi connectivity index (χ0v) is 16.6. The van der Waals surface area contributed by atoms with E-state index in [4.69, 9.17) is 11.6 Å². The summed E-state index contributed by atoms with van der Waals surface area (Å²) in [6, 6.07) is 6.64. The third kappa shape index (κ3) is 5.86. The highest BCUT2D eigenvalue weighted by molar-refractivity contribution is 6.30. The summed E-state index contributed by atoms with van der Waals surface area (Å²) in [5.74, 6) is 0.615. The van der Waals surface area contributed by atoms with E-state index in [2.05, 4.69) is 10.6 Å². The SMILES string of the molecule is CC(NC(=O)c1ccc(Cl)cc1)C(=O)N1CCC(NCC2CC2)CC1.Cl. The van der Waals surface area contributed by atoms with Crippen LogP contribution >= 0.6 is 24.0 Å². The summed E-state index contributed by atoms with van der Waals surface area (Å²) in [7, 11) is 0. The minimum Gasteiger partial charge on any atom is -0.341 e. The van der Waals surface area contributed by atoms with E-state index >= 15 is 0 Å². The molecule has 1 saturated carbocycles. The number of halogens is 2. The Balaban J connectivity index is 0.00000243. The molecule has 0 aromatic heterocycles. The number of benzene rings is 1. The molecule has 7 heteroatoms. The largest absolute Gasteiger partial charge is 0.341 e. The van der Waals surface area contributed by atoms with Crippen LogP contribution in [0, 0.1) is 5.92 Å². The molecule has 1 aromatic rings. The first kappa shape index (κ1) is 21.0. The van der Waals surface area contributed by atoms with Gasteiger partial charge in [0.15, 0.2) is 0 Å². The molecule has 1 aliphatic heterocycles. The van der Waals surface area contributed by atoms with Gasteiger partial charge in [-0.2, -0.15) is 0 Å². The Morgan fingerprint density at radius 2 is 1.77 bits per heavy atom. The van der Waals surface area contributed by atoms with E-state index < -0.39 is 6.04 Å². The smallest absolute Gasteiger partial charge is 0.251 e. The lowest BCUT2D eigenvalue weighted by atomic mass is 10.0. The fourth-order valence-electron chi connectivity index (χ4n) is 3.18. The van der Waals surface area contributed by atoms with Crippen LogP contribution in [0.15, 0.2) is 24.3 Å². The predicted octanol–water partition coefficient (Wildman–Crippen LogP) is 2.87. The topological polar surface area (TPSA) is 61.4 Å². The molecular weight excluding hydrogens is 373 g/mol. The minimum atomic E-state index is -0.529. The second-order valence-electron chi connectivity index (χ2n) is 7.15. The molecule has 2 aliphatic rings. The molecule has 1 unspecified atom stereocenters. The summed E-state index contributed by atoms with van der Waals surface area (Å²) in [5, 5.41) is 6.98. The van der Waals surface area contributed by atoms with Crippen molar-refractivity contribution in [1.82, 2.24) is 15.5 Å². The van der Waals surface area contributed by atoms with Crippen LogP contribution in [0.1, 0.15) is 43.0 Å². The molecule has 2 fully saturated rings. The molecule has 1 atom stereocenters. The van der Waals surface area contributed by atoms with Crippen LogP contribution in [0.3, 0.4) is 0 Å². The van der Waals surface area contributed by atoms with Crippen LogP contribution in [0.25, 0.3) is 0 Å². The van der Waals surface area contributed by atoms with E-state index in [9.17, 15) is 9.59 Å². The van der Waals surface area contributed by atoms with Gasteiger partial charge >= 0.3 is 0 Å². The number of nitrogens with one attached hydrogen (secondary N) is 2. The van der Waals surface area contributed by atoms with E-state index in [0.29, 0.717) is 16.6 Å². The van der Waals surface area contributed by atoms with E-state index in [1.165, 1.54) is 12.8 Å². The molecule has 5 nitrogen and oxygen atoms in total. The summed E-state index contributed by atoms with van der Waals surface area (Å²) < 4.78 is 0. The maximum absolute atomic E-state index is 12.6. The highest BCUT2D eigenvalue weighted by Crippen LogP contribution is 2.28. The van der Waals surface area contributed by atoms with Gasteiger partial charge in [-0.1, -0.05) is 11.6 Å². The summed E-state index contributed by atoms with van der Waals surface area (Å²) in [6.45, 7) is 4.37. The third-order valence-corrected chi connectivity index (χ3v) is 5.28. The van der Waals surface area contributed by atoms with Gasteiger partial charge in [-0.15, -0.1) is 12.4 Å². The Labute approximate surface area is 166 Å². The second-order valence-corrected chi connectivity index (χ2v) is 7.59. The van der Waals surface area contributed by atoms with E-state index in [1.807, 2.05) is 4.90 Å². The van der Waals surface area contributed by atoms with Crippen LogP contribution in [-0.4, -0.2) is 48.4 Å². The molecule has 1 aromatic carbocycles. The lowest BCUT2D eigenvalue weighted by molar-refractivity contribution is -0.133. The van der Waals surface area contributed by atoms with Crippen molar-refractivity contribution in [3.8, 4) is 0 Å². The first-order valence-corrected chi connectivity index (χ1v) is 9.49. The summed E-state index contributed by atoms with van der Waals surface area (Å²) in [6.07, 6.45) is 4.68. The monoisotopic (exact) mass is 399 g/mol. The fourth-order valence-corrected chi connectivity index (χ4v) is 3.30. The number of hydrogen-bond acceptors (Lipinski definition) is 3. The van der Waals surface area contributed by atoms with Gasteiger partial charge in [0.25, 0.3) is 5.91 Å². The van der Waals surface area contributed by atoms with Crippen molar-refractivity contribution in [2.75, 3.05) is 19.6 Å². The molecule has 144 valence electrons.